The van der Waals surface area contributed by atoms with Crippen LogP contribution in [0.2, 0.25) is 5.02 Å². The number of ether oxygens (including phenoxy) is 2. The highest BCUT2D eigenvalue weighted by Crippen LogP contribution is 2.25. The zero-order valence-electron chi connectivity index (χ0n) is 17.4. The van der Waals surface area contributed by atoms with Crippen LogP contribution in [0.4, 0.5) is 10.5 Å². The first kappa shape index (κ1) is 22.4. The maximum absolute atomic E-state index is 13.1. The van der Waals surface area contributed by atoms with Gasteiger partial charge in [0.15, 0.2) is 0 Å². The second-order valence-corrected chi connectivity index (χ2v) is 7.26. The molecule has 0 saturated carbocycles. The molecule has 0 atom stereocenters. The van der Waals surface area contributed by atoms with Gasteiger partial charge in [0, 0.05) is 31.2 Å². The lowest BCUT2D eigenvalue weighted by molar-refractivity contribution is 0.0571. The molecular formula is C22H24ClN3O5. The van der Waals surface area contributed by atoms with Gasteiger partial charge in [-0.3, -0.25) is 9.59 Å². The van der Waals surface area contributed by atoms with Gasteiger partial charge in [0.05, 0.1) is 30.5 Å². The highest BCUT2D eigenvalue weighted by Gasteiger charge is 2.27. The van der Waals surface area contributed by atoms with E-state index in [1.54, 1.807) is 53.1 Å². The second kappa shape index (κ2) is 10.2. The van der Waals surface area contributed by atoms with Crippen LogP contribution in [-0.2, 0) is 4.74 Å². The van der Waals surface area contributed by atoms with Crippen molar-refractivity contribution >= 4 is 35.2 Å². The summed E-state index contributed by atoms with van der Waals surface area (Å²) in [7, 11) is 1.47. The topological polar surface area (TPSA) is 88.2 Å². The molecule has 0 radical (unpaired) electrons. The van der Waals surface area contributed by atoms with Gasteiger partial charge in [0.1, 0.15) is 5.75 Å². The number of piperazine rings is 1. The number of nitrogens with one attached hydrogen (secondary N) is 1. The van der Waals surface area contributed by atoms with Crippen LogP contribution in [0.3, 0.4) is 0 Å². The van der Waals surface area contributed by atoms with Crippen molar-refractivity contribution in [2.75, 3.05) is 45.2 Å². The molecule has 0 aromatic heterocycles. The average Bonchev–Trinajstić information content (AvgIpc) is 2.79. The number of nitrogens with zero attached hydrogens (tertiary/aromatic N) is 2. The Kier molecular flexibility index (Phi) is 7.36. The summed E-state index contributed by atoms with van der Waals surface area (Å²) in [5.74, 6) is -0.287. The highest BCUT2D eigenvalue weighted by molar-refractivity contribution is 6.31. The number of amides is 3. The van der Waals surface area contributed by atoms with E-state index in [-0.39, 0.29) is 17.6 Å². The molecular weight excluding hydrogens is 422 g/mol. The standard InChI is InChI=1S/C22H24ClN3O5/c1-3-31-22(29)26-12-10-25(11-13-26)21(28)16-6-4-5-7-18(16)24-20(27)17-14-15(23)8-9-19(17)30-2/h4-9,14H,3,10-13H2,1-2H3,(H,24,27). The van der Waals surface area contributed by atoms with Crippen LogP contribution in [0.15, 0.2) is 42.5 Å². The molecule has 1 N–H and O–H groups in total. The van der Waals surface area contributed by atoms with E-state index in [0.29, 0.717) is 54.8 Å². The van der Waals surface area contributed by atoms with E-state index in [1.807, 2.05) is 0 Å². The third-order valence-electron chi connectivity index (χ3n) is 4.90. The molecule has 0 bridgehead atoms. The van der Waals surface area contributed by atoms with Crippen molar-refractivity contribution in [3.05, 3.63) is 58.6 Å². The van der Waals surface area contributed by atoms with Crippen molar-refractivity contribution in [1.82, 2.24) is 9.80 Å². The van der Waals surface area contributed by atoms with Gasteiger partial charge in [-0.2, -0.15) is 0 Å². The van der Waals surface area contributed by atoms with E-state index >= 15 is 0 Å². The SMILES string of the molecule is CCOC(=O)N1CCN(C(=O)c2ccccc2NC(=O)c2cc(Cl)ccc2OC)CC1. The van der Waals surface area contributed by atoms with E-state index in [1.165, 1.54) is 13.2 Å². The van der Waals surface area contributed by atoms with Gasteiger partial charge in [-0.1, -0.05) is 23.7 Å². The van der Waals surface area contributed by atoms with Crippen LogP contribution in [0, 0.1) is 0 Å². The number of hydrogen-bond donors (Lipinski definition) is 1. The summed E-state index contributed by atoms with van der Waals surface area (Å²) in [5.41, 5.74) is 1.01. The van der Waals surface area contributed by atoms with Crippen LogP contribution in [0.1, 0.15) is 27.6 Å². The Morgan fingerprint density at radius 3 is 2.35 bits per heavy atom. The average molecular weight is 446 g/mol. The second-order valence-electron chi connectivity index (χ2n) is 6.82. The molecule has 1 aliphatic heterocycles. The first-order chi connectivity index (χ1) is 14.9. The third-order valence-corrected chi connectivity index (χ3v) is 5.14. The van der Waals surface area contributed by atoms with Gasteiger partial charge < -0.3 is 24.6 Å². The van der Waals surface area contributed by atoms with Crippen LogP contribution < -0.4 is 10.1 Å². The summed E-state index contributed by atoms with van der Waals surface area (Å²) >= 11 is 6.02. The highest BCUT2D eigenvalue weighted by atomic mass is 35.5. The summed E-state index contributed by atoms with van der Waals surface area (Å²) in [6.45, 7) is 3.59. The lowest BCUT2D eigenvalue weighted by atomic mass is 10.1. The Bertz CT molecular complexity index is 973. The van der Waals surface area contributed by atoms with Crippen molar-refractivity contribution in [3.63, 3.8) is 0 Å². The van der Waals surface area contributed by atoms with E-state index in [9.17, 15) is 14.4 Å². The Balaban J connectivity index is 1.74. The van der Waals surface area contributed by atoms with Crippen molar-refractivity contribution in [3.8, 4) is 5.75 Å². The number of hydrogen-bond acceptors (Lipinski definition) is 5. The predicted octanol–water partition coefficient (Wildman–Crippen LogP) is 3.52. The molecule has 0 spiro atoms. The molecule has 164 valence electrons. The normalized spacial score (nSPS) is 13.5. The third kappa shape index (κ3) is 5.27. The molecule has 1 heterocycles. The smallest absolute Gasteiger partial charge is 0.409 e. The molecule has 1 fully saturated rings. The molecule has 9 heteroatoms. The van der Waals surface area contributed by atoms with Gasteiger partial charge in [-0.05, 0) is 37.3 Å². The molecule has 3 rings (SSSR count). The first-order valence-corrected chi connectivity index (χ1v) is 10.3. The zero-order valence-corrected chi connectivity index (χ0v) is 18.1. The summed E-state index contributed by atoms with van der Waals surface area (Å²) < 4.78 is 10.3. The van der Waals surface area contributed by atoms with E-state index < -0.39 is 5.91 Å². The number of para-hydroxylation sites is 1. The molecule has 31 heavy (non-hydrogen) atoms. The van der Waals surface area contributed by atoms with Gasteiger partial charge in [0.2, 0.25) is 0 Å². The van der Waals surface area contributed by atoms with Gasteiger partial charge in [-0.25, -0.2) is 4.79 Å². The number of benzene rings is 2. The van der Waals surface area contributed by atoms with Crippen LogP contribution in [0.5, 0.6) is 5.75 Å². The minimum atomic E-state index is -0.438. The maximum atomic E-state index is 13.1. The minimum absolute atomic E-state index is 0.225. The monoisotopic (exact) mass is 445 g/mol. The summed E-state index contributed by atoms with van der Waals surface area (Å²) in [4.78, 5) is 41.0. The molecule has 2 aromatic rings. The predicted molar refractivity (Wildman–Crippen MR) is 117 cm³/mol. The van der Waals surface area contributed by atoms with E-state index in [0.717, 1.165) is 0 Å². The largest absolute Gasteiger partial charge is 0.496 e. The molecule has 0 unspecified atom stereocenters. The van der Waals surface area contributed by atoms with Crippen molar-refractivity contribution in [2.24, 2.45) is 0 Å². The van der Waals surface area contributed by atoms with E-state index in [4.69, 9.17) is 21.1 Å². The minimum Gasteiger partial charge on any atom is -0.496 e. The summed E-state index contributed by atoms with van der Waals surface area (Å²) in [6, 6.07) is 11.5. The fourth-order valence-electron chi connectivity index (χ4n) is 3.30. The number of rotatable bonds is 5. The number of carbonyl (C=O) groups is 3. The number of carbonyl (C=O) groups excluding carboxylic acids is 3. The lowest BCUT2D eigenvalue weighted by Crippen LogP contribution is -2.50. The van der Waals surface area contributed by atoms with Crippen LogP contribution in [0.25, 0.3) is 0 Å². The summed E-state index contributed by atoms with van der Waals surface area (Å²) in [5, 5.41) is 3.18. The molecule has 3 amide bonds. The van der Waals surface area contributed by atoms with Gasteiger partial charge in [-0.15, -0.1) is 0 Å². The number of anilines is 1. The molecule has 8 nitrogen and oxygen atoms in total. The lowest BCUT2D eigenvalue weighted by Gasteiger charge is -2.34. The fraction of sp³-hybridized carbons (Fsp3) is 0.318. The maximum Gasteiger partial charge on any atom is 0.409 e. The molecule has 1 aliphatic rings. The quantitative estimate of drug-likeness (QED) is 0.760. The van der Waals surface area contributed by atoms with Crippen molar-refractivity contribution in [1.29, 1.82) is 0 Å². The Hall–Kier alpha value is -3.26. The summed E-state index contributed by atoms with van der Waals surface area (Å²) in [6.07, 6.45) is -0.377. The molecule has 1 saturated heterocycles. The van der Waals surface area contributed by atoms with Crippen LogP contribution in [-0.4, -0.2) is 67.6 Å². The molecule has 0 aliphatic carbocycles. The zero-order chi connectivity index (χ0) is 22.4. The van der Waals surface area contributed by atoms with Gasteiger partial charge in [0.25, 0.3) is 11.8 Å². The number of halogens is 1. The number of methoxy groups -OCH3 is 1. The van der Waals surface area contributed by atoms with Crippen molar-refractivity contribution in [2.45, 2.75) is 6.92 Å². The van der Waals surface area contributed by atoms with Crippen LogP contribution >= 0.6 is 11.6 Å². The van der Waals surface area contributed by atoms with Crippen molar-refractivity contribution < 1.29 is 23.9 Å². The Morgan fingerprint density at radius 1 is 1.00 bits per heavy atom. The fourth-order valence-corrected chi connectivity index (χ4v) is 3.48. The van der Waals surface area contributed by atoms with Gasteiger partial charge >= 0.3 is 6.09 Å². The Labute approximate surface area is 185 Å². The van der Waals surface area contributed by atoms with E-state index in [2.05, 4.69) is 5.32 Å². The molecule has 2 aromatic carbocycles. The Morgan fingerprint density at radius 2 is 1.68 bits per heavy atom. The first-order valence-electron chi connectivity index (χ1n) is 9.89.